The first-order valence-electron chi connectivity index (χ1n) is 7.30. The van der Waals surface area contributed by atoms with E-state index in [1.165, 1.54) is 0 Å². The lowest BCUT2D eigenvalue weighted by atomic mass is 9.99. The van der Waals surface area contributed by atoms with E-state index < -0.39 is 6.04 Å². The Balaban J connectivity index is 2.91. The molecule has 6 heteroatoms. The quantitative estimate of drug-likeness (QED) is 0.763. The van der Waals surface area contributed by atoms with E-state index in [-0.39, 0.29) is 18.4 Å². The van der Waals surface area contributed by atoms with Crippen LogP contribution in [-0.4, -0.2) is 33.3 Å². The molecule has 0 saturated heterocycles. The topological polar surface area (TPSA) is 82.8 Å². The number of benzene rings is 1. The van der Waals surface area contributed by atoms with E-state index in [1.807, 2.05) is 13.8 Å². The van der Waals surface area contributed by atoms with Crippen LogP contribution in [0.1, 0.15) is 25.8 Å². The van der Waals surface area contributed by atoms with Gasteiger partial charge in [-0.25, -0.2) is 0 Å². The third-order valence-electron chi connectivity index (χ3n) is 3.82. The number of hydrogen-bond donors (Lipinski definition) is 2. The summed E-state index contributed by atoms with van der Waals surface area (Å²) in [5, 5.41) is 2.84. The molecule has 0 aliphatic carbocycles. The first kappa shape index (κ1) is 18.1. The van der Waals surface area contributed by atoms with Gasteiger partial charge in [0.25, 0.3) is 0 Å². The Kier molecular flexibility index (Phi) is 6.98. The monoisotopic (exact) mass is 310 g/mol. The molecule has 0 radical (unpaired) electrons. The van der Waals surface area contributed by atoms with E-state index >= 15 is 0 Å². The van der Waals surface area contributed by atoms with E-state index in [0.29, 0.717) is 17.2 Å². The predicted molar refractivity (Wildman–Crippen MR) is 85.4 cm³/mol. The second-order valence-corrected chi connectivity index (χ2v) is 5.14. The molecule has 0 spiro atoms. The number of ether oxygens (including phenoxy) is 3. The molecule has 0 aliphatic heterocycles. The lowest BCUT2D eigenvalue weighted by molar-refractivity contribution is -0.123. The van der Waals surface area contributed by atoms with Gasteiger partial charge >= 0.3 is 0 Å². The molecule has 1 aromatic carbocycles. The van der Waals surface area contributed by atoms with Gasteiger partial charge in [0.2, 0.25) is 5.91 Å². The summed E-state index contributed by atoms with van der Waals surface area (Å²) in [6.07, 6.45) is 0.851. The van der Waals surface area contributed by atoms with Crippen molar-refractivity contribution in [2.45, 2.75) is 32.9 Å². The molecule has 22 heavy (non-hydrogen) atoms. The van der Waals surface area contributed by atoms with Crippen molar-refractivity contribution in [2.75, 3.05) is 21.3 Å². The van der Waals surface area contributed by atoms with E-state index in [2.05, 4.69) is 5.32 Å². The predicted octanol–water partition coefficient (Wildman–Crippen LogP) is 1.70. The molecule has 0 bridgehead atoms. The summed E-state index contributed by atoms with van der Waals surface area (Å²) >= 11 is 0. The normalized spacial score (nSPS) is 13.2. The minimum atomic E-state index is -0.528. The number of nitrogens with one attached hydrogen (secondary N) is 1. The lowest BCUT2D eigenvalue weighted by Gasteiger charge is -2.19. The maximum absolute atomic E-state index is 12.1. The van der Waals surface area contributed by atoms with Crippen LogP contribution in [0, 0.1) is 5.92 Å². The number of hydrogen-bond acceptors (Lipinski definition) is 5. The Bertz CT molecular complexity index is 480. The first-order chi connectivity index (χ1) is 10.5. The smallest absolute Gasteiger partial charge is 0.237 e. The fourth-order valence-corrected chi connectivity index (χ4v) is 2.06. The summed E-state index contributed by atoms with van der Waals surface area (Å²) in [5.41, 5.74) is 6.67. The van der Waals surface area contributed by atoms with Crippen LogP contribution in [0.25, 0.3) is 0 Å². The van der Waals surface area contributed by atoms with Crippen LogP contribution >= 0.6 is 0 Å². The SMILES string of the molecule is CCC(C)C(N)C(=O)NCc1c(OC)cc(OC)cc1OC. The molecule has 1 rings (SSSR count). The van der Waals surface area contributed by atoms with Crippen molar-refractivity contribution in [1.29, 1.82) is 0 Å². The van der Waals surface area contributed by atoms with Gasteiger partial charge in [0.1, 0.15) is 17.2 Å². The van der Waals surface area contributed by atoms with Gasteiger partial charge in [0.15, 0.2) is 0 Å². The van der Waals surface area contributed by atoms with Crippen LogP contribution in [0.15, 0.2) is 12.1 Å². The van der Waals surface area contributed by atoms with Gasteiger partial charge in [-0.05, 0) is 5.92 Å². The van der Waals surface area contributed by atoms with Crippen LogP contribution in [0.5, 0.6) is 17.2 Å². The van der Waals surface area contributed by atoms with Gasteiger partial charge in [0.05, 0.1) is 39.5 Å². The number of carbonyl (C=O) groups is 1. The minimum absolute atomic E-state index is 0.125. The van der Waals surface area contributed by atoms with Crippen LogP contribution in [0.3, 0.4) is 0 Å². The van der Waals surface area contributed by atoms with Crippen LogP contribution < -0.4 is 25.3 Å². The molecule has 124 valence electrons. The number of amides is 1. The number of rotatable bonds is 8. The maximum atomic E-state index is 12.1. The third-order valence-corrected chi connectivity index (χ3v) is 3.82. The van der Waals surface area contributed by atoms with Crippen LogP contribution in [0.4, 0.5) is 0 Å². The molecule has 0 aromatic heterocycles. The van der Waals surface area contributed by atoms with Gasteiger partial charge in [-0.3, -0.25) is 4.79 Å². The van der Waals surface area contributed by atoms with Crippen molar-refractivity contribution in [2.24, 2.45) is 11.7 Å². The fourth-order valence-electron chi connectivity index (χ4n) is 2.06. The molecule has 1 amide bonds. The Morgan fingerprint density at radius 2 is 1.73 bits per heavy atom. The van der Waals surface area contributed by atoms with E-state index in [4.69, 9.17) is 19.9 Å². The molecule has 0 heterocycles. The number of carbonyl (C=O) groups excluding carboxylic acids is 1. The molecule has 0 fully saturated rings. The highest BCUT2D eigenvalue weighted by atomic mass is 16.5. The molecule has 1 aromatic rings. The highest BCUT2D eigenvalue weighted by Crippen LogP contribution is 2.33. The fraction of sp³-hybridized carbons (Fsp3) is 0.562. The largest absolute Gasteiger partial charge is 0.496 e. The number of methoxy groups -OCH3 is 3. The zero-order valence-corrected chi connectivity index (χ0v) is 13.9. The standard InChI is InChI=1S/C16H26N2O4/c1-6-10(2)15(17)16(19)18-9-12-13(21-4)7-11(20-3)8-14(12)22-5/h7-8,10,15H,6,9,17H2,1-5H3,(H,18,19). The number of nitrogens with two attached hydrogens (primary N) is 1. The zero-order chi connectivity index (χ0) is 16.7. The lowest BCUT2D eigenvalue weighted by Crippen LogP contribution is -2.44. The van der Waals surface area contributed by atoms with Gasteiger partial charge in [-0.1, -0.05) is 20.3 Å². The van der Waals surface area contributed by atoms with Gasteiger partial charge < -0.3 is 25.3 Å². The van der Waals surface area contributed by atoms with Crippen molar-refractivity contribution in [3.05, 3.63) is 17.7 Å². The average Bonchev–Trinajstić information content (AvgIpc) is 2.57. The highest BCUT2D eigenvalue weighted by molar-refractivity contribution is 5.81. The highest BCUT2D eigenvalue weighted by Gasteiger charge is 2.20. The van der Waals surface area contributed by atoms with Gasteiger partial charge in [0, 0.05) is 12.1 Å². The molecule has 6 nitrogen and oxygen atoms in total. The van der Waals surface area contributed by atoms with Crippen LogP contribution in [0.2, 0.25) is 0 Å². The van der Waals surface area contributed by atoms with E-state index in [0.717, 1.165) is 12.0 Å². The maximum Gasteiger partial charge on any atom is 0.237 e. The summed E-state index contributed by atoms with van der Waals surface area (Å²) in [6, 6.07) is 2.97. The van der Waals surface area contributed by atoms with E-state index in [9.17, 15) is 4.79 Å². The van der Waals surface area contributed by atoms with Crippen LogP contribution in [-0.2, 0) is 11.3 Å². The molecule has 2 atom stereocenters. The Morgan fingerprint density at radius 1 is 1.18 bits per heavy atom. The summed E-state index contributed by atoms with van der Waals surface area (Å²) in [4.78, 5) is 12.1. The molecule has 0 aliphatic rings. The van der Waals surface area contributed by atoms with Crippen molar-refractivity contribution in [1.82, 2.24) is 5.32 Å². The zero-order valence-electron chi connectivity index (χ0n) is 13.9. The first-order valence-corrected chi connectivity index (χ1v) is 7.30. The second kappa shape index (κ2) is 8.48. The van der Waals surface area contributed by atoms with Crippen molar-refractivity contribution < 1.29 is 19.0 Å². The van der Waals surface area contributed by atoms with E-state index in [1.54, 1.807) is 33.5 Å². The molecule has 2 unspecified atom stereocenters. The average molecular weight is 310 g/mol. The summed E-state index contributed by atoms with van der Waals surface area (Å²) in [5.74, 6) is 1.75. The summed E-state index contributed by atoms with van der Waals surface area (Å²) < 4.78 is 15.9. The molecular weight excluding hydrogens is 284 g/mol. The molecule has 3 N–H and O–H groups in total. The van der Waals surface area contributed by atoms with Gasteiger partial charge in [-0.15, -0.1) is 0 Å². The van der Waals surface area contributed by atoms with Crippen molar-refractivity contribution in [3.63, 3.8) is 0 Å². The Hall–Kier alpha value is -1.95. The Morgan fingerprint density at radius 3 is 2.14 bits per heavy atom. The third kappa shape index (κ3) is 4.27. The van der Waals surface area contributed by atoms with Crippen molar-refractivity contribution in [3.8, 4) is 17.2 Å². The molecule has 0 saturated carbocycles. The van der Waals surface area contributed by atoms with Crippen molar-refractivity contribution >= 4 is 5.91 Å². The second-order valence-electron chi connectivity index (χ2n) is 5.14. The van der Waals surface area contributed by atoms with Gasteiger partial charge in [-0.2, -0.15) is 0 Å². The Labute approximate surface area is 131 Å². The summed E-state index contributed by atoms with van der Waals surface area (Å²) in [6.45, 7) is 4.24. The summed E-state index contributed by atoms with van der Waals surface area (Å²) in [7, 11) is 4.69. The minimum Gasteiger partial charge on any atom is -0.496 e. The molecular formula is C16H26N2O4.